The average Bonchev–Trinajstić information content (AvgIpc) is 2.81. The summed E-state index contributed by atoms with van der Waals surface area (Å²) < 4.78 is 2.13. The number of nitrogens with one attached hydrogen (secondary N) is 1. The first-order valence-corrected chi connectivity index (χ1v) is 7.59. The minimum Gasteiger partial charge on any atom is -0.337 e. The molecule has 0 spiro atoms. The molecule has 106 valence electrons. The second kappa shape index (κ2) is 5.76. The van der Waals surface area contributed by atoms with Crippen LogP contribution in [-0.4, -0.2) is 22.6 Å². The van der Waals surface area contributed by atoms with E-state index in [4.69, 9.17) is 28.2 Å². The van der Waals surface area contributed by atoms with Crippen molar-refractivity contribution in [3.63, 3.8) is 0 Å². The summed E-state index contributed by atoms with van der Waals surface area (Å²) in [7, 11) is 2.06. The van der Waals surface area contributed by atoms with Gasteiger partial charge in [-0.25, -0.2) is 4.98 Å². The van der Waals surface area contributed by atoms with Crippen molar-refractivity contribution in [3.8, 4) is 11.3 Å². The van der Waals surface area contributed by atoms with Crippen LogP contribution in [0.2, 0.25) is 10.0 Å². The van der Waals surface area contributed by atoms with E-state index in [1.807, 2.05) is 12.1 Å². The first-order chi connectivity index (χ1) is 9.63. The van der Waals surface area contributed by atoms with Crippen molar-refractivity contribution in [2.24, 2.45) is 7.05 Å². The first-order valence-electron chi connectivity index (χ1n) is 6.84. The van der Waals surface area contributed by atoms with Crippen molar-refractivity contribution in [1.82, 2.24) is 14.9 Å². The van der Waals surface area contributed by atoms with Gasteiger partial charge in [0.25, 0.3) is 0 Å². The van der Waals surface area contributed by atoms with Crippen LogP contribution in [0.4, 0.5) is 0 Å². The van der Waals surface area contributed by atoms with Gasteiger partial charge in [-0.15, -0.1) is 0 Å². The van der Waals surface area contributed by atoms with Gasteiger partial charge in [0.2, 0.25) is 0 Å². The van der Waals surface area contributed by atoms with Gasteiger partial charge in [0.05, 0.1) is 5.69 Å². The highest BCUT2D eigenvalue weighted by molar-refractivity contribution is 6.35. The highest BCUT2D eigenvalue weighted by Gasteiger charge is 2.20. The number of rotatable bonds is 2. The molecule has 5 heteroatoms. The molecular formula is C15H17Cl2N3. The van der Waals surface area contributed by atoms with Gasteiger partial charge in [-0.2, -0.15) is 0 Å². The second-order valence-electron chi connectivity index (χ2n) is 5.28. The molecule has 1 aliphatic rings. The fraction of sp³-hybridized carbons (Fsp3) is 0.400. The van der Waals surface area contributed by atoms with Crippen molar-refractivity contribution >= 4 is 23.2 Å². The van der Waals surface area contributed by atoms with E-state index in [2.05, 4.69) is 23.1 Å². The van der Waals surface area contributed by atoms with Crippen LogP contribution < -0.4 is 5.32 Å². The van der Waals surface area contributed by atoms with Gasteiger partial charge in [0, 0.05) is 34.8 Å². The molecule has 0 saturated carbocycles. The monoisotopic (exact) mass is 309 g/mol. The number of piperidine rings is 1. The molecule has 2 aromatic rings. The molecule has 3 nitrogen and oxygen atoms in total. The topological polar surface area (TPSA) is 29.9 Å². The Morgan fingerprint density at radius 1 is 1.15 bits per heavy atom. The molecule has 2 heterocycles. The lowest BCUT2D eigenvalue weighted by Crippen LogP contribution is -2.27. The first kappa shape index (κ1) is 13.9. The number of hydrogen-bond acceptors (Lipinski definition) is 2. The van der Waals surface area contributed by atoms with Gasteiger partial charge in [-0.3, -0.25) is 0 Å². The molecule has 20 heavy (non-hydrogen) atoms. The number of imidazole rings is 1. The minimum absolute atomic E-state index is 0.532. The van der Waals surface area contributed by atoms with Gasteiger partial charge >= 0.3 is 0 Å². The Kier molecular flexibility index (Phi) is 4.01. The van der Waals surface area contributed by atoms with E-state index in [-0.39, 0.29) is 0 Å². The van der Waals surface area contributed by atoms with Gasteiger partial charge in [-0.1, -0.05) is 23.2 Å². The van der Waals surface area contributed by atoms with Crippen LogP contribution in [0.3, 0.4) is 0 Å². The van der Waals surface area contributed by atoms with Gasteiger partial charge in [0.1, 0.15) is 5.82 Å². The number of aryl methyl sites for hydroxylation is 1. The van der Waals surface area contributed by atoms with Crippen LogP contribution >= 0.6 is 23.2 Å². The van der Waals surface area contributed by atoms with E-state index in [1.54, 1.807) is 6.07 Å². The fourth-order valence-corrected chi connectivity index (χ4v) is 3.31. The SMILES string of the molecule is Cn1cc(-c2cc(Cl)cc(Cl)c2)nc1C1CCNCC1. The van der Waals surface area contributed by atoms with Crippen molar-refractivity contribution in [2.45, 2.75) is 18.8 Å². The molecule has 1 aromatic carbocycles. The van der Waals surface area contributed by atoms with E-state index in [0.717, 1.165) is 43.0 Å². The van der Waals surface area contributed by atoms with E-state index in [1.165, 1.54) is 0 Å². The molecule has 3 rings (SSSR count). The van der Waals surface area contributed by atoms with E-state index >= 15 is 0 Å². The highest BCUT2D eigenvalue weighted by Crippen LogP contribution is 2.30. The molecule has 1 fully saturated rings. The van der Waals surface area contributed by atoms with E-state index in [0.29, 0.717) is 16.0 Å². The summed E-state index contributed by atoms with van der Waals surface area (Å²) in [6.07, 6.45) is 4.33. The summed E-state index contributed by atoms with van der Waals surface area (Å²) >= 11 is 12.1. The lowest BCUT2D eigenvalue weighted by molar-refractivity contribution is 0.437. The standard InChI is InChI=1S/C15H17Cl2N3/c1-20-9-14(11-6-12(16)8-13(17)7-11)19-15(20)10-2-4-18-5-3-10/h6-10,18H,2-5H2,1H3. The van der Waals surface area contributed by atoms with Gasteiger partial charge < -0.3 is 9.88 Å². The predicted octanol–water partition coefficient (Wildman–Crippen LogP) is 3.86. The Hall–Kier alpha value is -1.03. The van der Waals surface area contributed by atoms with Crippen LogP contribution in [0.25, 0.3) is 11.3 Å². The van der Waals surface area contributed by atoms with Crippen LogP contribution in [0.15, 0.2) is 24.4 Å². The summed E-state index contributed by atoms with van der Waals surface area (Å²) in [6, 6.07) is 5.55. The maximum absolute atomic E-state index is 6.07. The Bertz CT molecular complexity index is 595. The number of benzene rings is 1. The quantitative estimate of drug-likeness (QED) is 0.913. The highest BCUT2D eigenvalue weighted by atomic mass is 35.5. The molecule has 1 N–H and O–H groups in total. The normalized spacial score (nSPS) is 16.6. The van der Waals surface area contributed by atoms with E-state index < -0.39 is 0 Å². The molecule has 0 bridgehead atoms. The third kappa shape index (κ3) is 2.85. The number of halogens is 2. The number of nitrogens with zero attached hydrogens (tertiary/aromatic N) is 2. The fourth-order valence-electron chi connectivity index (χ4n) is 2.78. The zero-order valence-electron chi connectivity index (χ0n) is 11.4. The zero-order valence-corrected chi connectivity index (χ0v) is 12.9. The molecule has 0 aliphatic carbocycles. The summed E-state index contributed by atoms with van der Waals surface area (Å²) in [4.78, 5) is 4.80. The van der Waals surface area contributed by atoms with Crippen molar-refractivity contribution < 1.29 is 0 Å². The molecule has 1 saturated heterocycles. The smallest absolute Gasteiger partial charge is 0.112 e. The van der Waals surface area contributed by atoms with Crippen molar-refractivity contribution in [1.29, 1.82) is 0 Å². The Morgan fingerprint density at radius 2 is 1.80 bits per heavy atom. The summed E-state index contributed by atoms with van der Waals surface area (Å²) in [5, 5.41) is 4.67. The van der Waals surface area contributed by atoms with Gasteiger partial charge in [0.15, 0.2) is 0 Å². The Balaban J connectivity index is 1.95. The Morgan fingerprint density at radius 3 is 2.45 bits per heavy atom. The second-order valence-corrected chi connectivity index (χ2v) is 6.15. The van der Waals surface area contributed by atoms with E-state index in [9.17, 15) is 0 Å². The van der Waals surface area contributed by atoms with Crippen LogP contribution in [0, 0.1) is 0 Å². The van der Waals surface area contributed by atoms with Crippen LogP contribution in [0.1, 0.15) is 24.6 Å². The summed E-state index contributed by atoms with van der Waals surface area (Å²) in [5.74, 6) is 1.68. The lowest BCUT2D eigenvalue weighted by Gasteiger charge is -2.21. The maximum atomic E-state index is 6.07. The average molecular weight is 310 g/mol. The summed E-state index contributed by atoms with van der Waals surface area (Å²) in [6.45, 7) is 2.13. The molecule has 1 aliphatic heterocycles. The van der Waals surface area contributed by atoms with Crippen LogP contribution in [-0.2, 0) is 7.05 Å². The molecule has 0 atom stereocenters. The number of aromatic nitrogens is 2. The maximum Gasteiger partial charge on any atom is 0.112 e. The van der Waals surface area contributed by atoms with Gasteiger partial charge in [-0.05, 0) is 44.1 Å². The molecule has 1 aromatic heterocycles. The third-order valence-corrected chi connectivity index (χ3v) is 4.21. The molecular weight excluding hydrogens is 293 g/mol. The van der Waals surface area contributed by atoms with Crippen molar-refractivity contribution in [3.05, 3.63) is 40.3 Å². The largest absolute Gasteiger partial charge is 0.337 e. The van der Waals surface area contributed by atoms with Crippen LogP contribution in [0.5, 0.6) is 0 Å². The molecule has 0 radical (unpaired) electrons. The van der Waals surface area contributed by atoms with Crippen molar-refractivity contribution in [2.75, 3.05) is 13.1 Å². The zero-order chi connectivity index (χ0) is 14.1. The number of hydrogen-bond donors (Lipinski definition) is 1. The third-order valence-electron chi connectivity index (χ3n) is 3.77. The molecule has 0 unspecified atom stereocenters. The lowest BCUT2D eigenvalue weighted by atomic mass is 9.97. The predicted molar refractivity (Wildman–Crippen MR) is 83.5 cm³/mol. The summed E-state index contributed by atoms with van der Waals surface area (Å²) in [5.41, 5.74) is 1.91. The Labute approximate surface area is 128 Å². The minimum atomic E-state index is 0.532. The molecule has 0 amide bonds.